The molecule has 2 N–H and O–H groups in total. The summed E-state index contributed by atoms with van der Waals surface area (Å²) in [5.41, 5.74) is 3.75. The number of rotatable bonds is 7. The van der Waals surface area contributed by atoms with Gasteiger partial charge in [-0.2, -0.15) is 0 Å². The number of benzene rings is 1. The number of aliphatic imine (C=N–C) groups is 1. The first-order valence-corrected chi connectivity index (χ1v) is 12.6. The van der Waals surface area contributed by atoms with Crippen LogP contribution in [0.3, 0.4) is 0 Å². The van der Waals surface area contributed by atoms with Crippen LogP contribution >= 0.6 is 24.0 Å². The van der Waals surface area contributed by atoms with E-state index in [-0.39, 0.29) is 30.1 Å². The van der Waals surface area contributed by atoms with Crippen LogP contribution in [0.1, 0.15) is 61.8 Å². The van der Waals surface area contributed by atoms with E-state index < -0.39 is 0 Å². The van der Waals surface area contributed by atoms with E-state index >= 15 is 0 Å². The minimum atomic E-state index is 0. The van der Waals surface area contributed by atoms with E-state index in [2.05, 4.69) is 70.8 Å². The molecule has 2 aliphatic rings. The average molecular weight is 578 g/mol. The van der Waals surface area contributed by atoms with Crippen molar-refractivity contribution in [1.82, 2.24) is 15.6 Å². The van der Waals surface area contributed by atoms with Crippen LogP contribution < -0.4 is 15.5 Å². The number of nitrogens with one attached hydrogen (secondary N) is 2. The van der Waals surface area contributed by atoms with Crippen LogP contribution in [-0.2, 0) is 11.3 Å². The fourth-order valence-corrected chi connectivity index (χ4v) is 4.77. The van der Waals surface area contributed by atoms with Gasteiger partial charge in [0.25, 0.3) is 0 Å². The number of aromatic nitrogens is 1. The molecule has 1 aromatic heterocycles. The normalized spacial score (nSPS) is 21.0. The smallest absolute Gasteiger partial charge is 0.191 e. The summed E-state index contributed by atoms with van der Waals surface area (Å²) >= 11 is 0. The van der Waals surface area contributed by atoms with Gasteiger partial charge in [-0.1, -0.05) is 29.8 Å². The number of anilines is 1. The summed E-state index contributed by atoms with van der Waals surface area (Å²) in [6, 6.07) is 13.0. The molecule has 2 unspecified atom stereocenters. The van der Waals surface area contributed by atoms with Crippen molar-refractivity contribution < 1.29 is 4.74 Å². The van der Waals surface area contributed by atoms with E-state index in [9.17, 15) is 0 Å². The highest BCUT2D eigenvalue weighted by Gasteiger charge is 2.27. The van der Waals surface area contributed by atoms with Crippen molar-refractivity contribution in [2.75, 3.05) is 37.7 Å². The van der Waals surface area contributed by atoms with Crippen molar-refractivity contribution in [2.45, 2.75) is 58.6 Å². The van der Waals surface area contributed by atoms with Gasteiger partial charge in [-0.3, -0.25) is 0 Å². The molecule has 0 radical (unpaired) electrons. The highest BCUT2D eigenvalue weighted by molar-refractivity contribution is 14.0. The van der Waals surface area contributed by atoms with Crippen LogP contribution in [0.5, 0.6) is 0 Å². The Morgan fingerprint density at radius 1 is 1.09 bits per heavy atom. The van der Waals surface area contributed by atoms with Gasteiger partial charge < -0.3 is 20.3 Å². The molecule has 2 aromatic rings. The van der Waals surface area contributed by atoms with Crippen molar-refractivity contribution in [2.24, 2.45) is 10.9 Å². The summed E-state index contributed by atoms with van der Waals surface area (Å²) in [4.78, 5) is 11.9. The summed E-state index contributed by atoms with van der Waals surface area (Å²) in [5, 5.41) is 6.99. The highest BCUT2D eigenvalue weighted by Crippen LogP contribution is 2.33. The Hall–Kier alpha value is -1.87. The van der Waals surface area contributed by atoms with Crippen LogP contribution in [-0.4, -0.2) is 43.7 Å². The highest BCUT2D eigenvalue weighted by atomic mass is 127. The van der Waals surface area contributed by atoms with E-state index in [1.54, 1.807) is 0 Å². The third kappa shape index (κ3) is 7.57. The lowest BCUT2D eigenvalue weighted by Crippen LogP contribution is -2.42. The van der Waals surface area contributed by atoms with Gasteiger partial charge in [0.05, 0.1) is 12.6 Å². The third-order valence-corrected chi connectivity index (χ3v) is 6.64. The maximum atomic E-state index is 6.20. The largest absolute Gasteiger partial charge is 0.373 e. The molecule has 34 heavy (non-hydrogen) atoms. The van der Waals surface area contributed by atoms with E-state index in [0.717, 1.165) is 57.4 Å². The number of aryl methyl sites for hydroxylation is 1. The quantitative estimate of drug-likeness (QED) is 0.269. The van der Waals surface area contributed by atoms with Gasteiger partial charge in [-0.15, -0.1) is 24.0 Å². The Balaban J connectivity index is 0.00000324. The van der Waals surface area contributed by atoms with Crippen molar-refractivity contribution in [1.29, 1.82) is 0 Å². The molecule has 2 atom stereocenters. The first-order valence-electron chi connectivity index (χ1n) is 12.6. The first-order chi connectivity index (χ1) is 16.2. The van der Waals surface area contributed by atoms with Crippen molar-refractivity contribution in [3.8, 4) is 0 Å². The fourth-order valence-electron chi connectivity index (χ4n) is 4.77. The number of ether oxygens (including phenoxy) is 1. The van der Waals surface area contributed by atoms with Crippen LogP contribution in [0.2, 0.25) is 0 Å². The lowest BCUT2D eigenvalue weighted by molar-refractivity contribution is -0.0265. The molecular weight excluding hydrogens is 537 g/mol. The zero-order chi connectivity index (χ0) is 22.9. The molecule has 1 aromatic carbocycles. The maximum absolute atomic E-state index is 6.20. The third-order valence-electron chi connectivity index (χ3n) is 6.64. The fraction of sp³-hybridized carbons (Fsp3) is 0.556. The zero-order valence-corrected chi connectivity index (χ0v) is 23.0. The molecule has 0 saturated carbocycles. The van der Waals surface area contributed by atoms with Crippen molar-refractivity contribution >= 4 is 35.8 Å². The minimum absolute atomic E-state index is 0. The summed E-state index contributed by atoms with van der Waals surface area (Å²) in [6.07, 6.45) is 8.17. The molecule has 2 fully saturated rings. The second-order valence-corrected chi connectivity index (χ2v) is 9.25. The predicted octanol–water partition coefficient (Wildman–Crippen LogP) is 5.22. The molecule has 2 saturated heterocycles. The zero-order valence-electron chi connectivity index (χ0n) is 20.6. The number of nitrogens with zero attached hydrogens (tertiary/aromatic N) is 3. The monoisotopic (exact) mass is 577 g/mol. The number of hydrogen-bond donors (Lipinski definition) is 2. The molecule has 6 nitrogen and oxygen atoms in total. The summed E-state index contributed by atoms with van der Waals surface area (Å²) in [6.45, 7) is 9.61. The van der Waals surface area contributed by atoms with Crippen LogP contribution in [0.25, 0.3) is 0 Å². The predicted molar refractivity (Wildman–Crippen MR) is 151 cm³/mol. The second kappa shape index (κ2) is 13.9. The molecule has 0 spiro atoms. The lowest BCUT2D eigenvalue weighted by Gasteiger charge is -2.32. The van der Waals surface area contributed by atoms with Gasteiger partial charge in [0.15, 0.2) is 5.96 Å². The SMILES string of the molecule is CCNC(=NCc1ccnc(N2CCCCC2)c1)NCC1CCCOC1c1ccc(C)cc1.I. The average Bonchev–Trinajstić information content (AvgIpc) is 2.87. The number of pyridine rings is 1. The summed E-state index contributed by atoms with van der Waals surface area (Å²) in [5.74, 6) is 2.37. The molecule has 0 bridgehead atoms. The maximum Gasteiger partial charge on any atom is 0.191 e. The Morgan fingerprint density at radius 3 is 2.65 bits per heavy atom. The van der Waals surface area contributed by atoms with E-state index in [1.807, 2.05) is 6.20 Å². The molecule has 2 aliphatic heterocycles. The molecule has 0 aliphatic carbocycles. The lowest BCUT2D eigenvalue weighted by atomic mass is 9.89. The van der Waals surface area contributed by atoms with Crippen LogP contribution in [0.4, 0.5) is 5.82 Å². The standard InChI is InChI=1S/C27H39N5O.HI/c1-3-28-27(30-19-22-13-14-29-25(18-22)32-15-5-4-6-16-32)31-20-24-8-7-17-33-26(24)23-11-9-21(2)10-12-23;/h9-14,18,24,26H,3-8,15-17,19-20H2,1-2H3,(H2,28,30,31);1H. The molecule has 4 rings (SSSR count). The van der Waals surface area contributed by atoms with E-state index in [0.29, 0.717) is 12.5 Å². The second-order valence-electron chi connectivity index (χ2n) is 9.25. The Kier molecular flexibility index (Phi) is 10.9. The Morgan fingerprint density at radius 2 is 1.88 bits per heavy atom. The van der Waals surface area contributed by atoms with Crippen LogP contribution in [0, 0.1) is 12.8 Å². The Bertz CT molecular complexity index is 898. The van der Waals surface area contributed by atoms with Crippen molar-refractivity contribution in [3.63, 3.8) is 0 Å². The van der Waals surface area contributed by atoms with Gasteiger partial charge in [-0.05, 0) is 69.2 Å². The first kappa shape index (κ1) is 26.7. The van der Waals surface area contributed by atoms with Crippen molar-refractivity contribution in [3.05, 3.63) is 59.3 Å². The number of halogens is 1. The number of piperidine rings is 1. The van der Waals surface area contributed by atoms with Gasteiger partial charge >= 0.3 is 0 Å². The van der Waals surface area contributed by atoms with Gasteiger partial charge in [-0.25, -0.2) is 9.98 Å². The molecule has 3 heterocycles. The Labute approximate surface area is 222 Å². The van der Waals surface area contributed by atoms with Gasteiger partial charge in [0.1, 0.15) is 5.82 Å². The summed E-state index contributed by atoms with van der Waals surface area (Å²) in [7, 11) is 0. The van der Waals surface area contributed by atoms with E-state index in [1.165, 1.54) is 36.0 Å². The molecule has 0 amide bonds. The molecular formula is C27H40IN5O. The molecule has 186 valence electrons. The number of hydrogen-bond acceptors (Lipinski definition) is 4. The topological polar surface area (TPSA) is 61.8 Å². The van der Waals surface area contributed by atoms with Crippen LogP contribution in [0.15, 0.2) is 47.6 Å². The number of guanidine groups is 1. The van der Waals surface area contributed by atoms with E-state index in [4.69, 9.17) is 9.73 Å². The summed E-state index contributed by atoms with van der Waals surface area (Å²) < 4.78 is 6.20. The minimum Gasteiger partial charge on any atom is -0.373 e. The van der Waals surface area contributed by atoms with Gasteiger partial charge in [0.2, 0.25) is 0 Å². The molecule has 7 heteroatoms. The van der Waals surface area contributed by atoms with Gasteiger partial charge in [0, 0.05) is 44.9 Å².